The predicted molar refractivity (Wildman–Crippen MR) is 35.2 cm³/mol. The van der Waals surface area contributed by atoms with Gasteiger partial charge in [-0.05, 0) is 6.92 Å². The average Bonchev–Trinajstić information content (AvgIpc) is 2.30. The lowest BCUT2D eigenvalue weighted by Crippen LogP contribution is -2.01. The van der Waals surface area contributed by atoms with Crippen LogP contribution in [0.4, 0.5) is 0 Å². The van der Waals surface area contributed by atoms with Gasteiger partial charge in [0.1, 0.15) is 0 Å². The first-order valence-corrected chi connectivity index (χ1v) is 2.97. The second-order valence-corrected chi connectivity index (χ2v) is 2.10. The van der Waals surface area contributed by atoms with Gasteiger partial charge in [0.15, 0.2) is 5.69 Å². The molecule has 0 aromatic carbocycles. The molecule has 0 saturated carbocycles. The van der Waals surface area contributed by atoms with E-state index in [-0.39, 0.29) is 11.3 Å². The van der Waals surface area contributed by atoms with E-state index in [1.54, 1.807) is 0 Å². The summed E-state index contributed by atoms with van der Waals surface area (Å²) in [5, 5.41) is 20.0. The number of hydrogen-bond acceptors (Lipinski definition) is 4. The Balaban J connectivity index is 3.22. The number of carbonyl (C=O) groups is 2. The maximum Gasteiger partial charge on any atom is 0.375 e. The third-order valence-corrected chi connectivity index (χ3v) is 1.32. The molecule has 0 fully saturated rings. The first-order valence-electron chi connectivity index (χ1n) is 2.97. The number of rotatable bonds is 2. The maximum atomic E-state index is 10.3. The van der Waals surface area contributed by atoms with Crippen LogP contribution in [0.3, 0.4) is 0 Å². The van der Waals surface area contributed by atoms with E-state index < -0.39 is 17.7 Å². The first-order chi connectivity index (χ1) is 5.54. The zero-order valence-corrected chi connectivity index (χ0v) is 6.07. The highest BCUT2D eigenvalue weighted by Gasteiger charge is 2.21. The van der Waals surface area contributed by atoms with E-state index in [9.17, 15) is 9.59 Å². The Morgan fingerprint density at radius 2 is 1.92 bits per heavy atom. The van der Waals surface area contributed by atoms with Crippen LogP contribution >= 0.6 is 0 Å². The van der Waals surface area contributed by atoms with Crippen LogP contribution in [0.15, 0.2) is 4.52 Å². The highest BCUT2D eigenvalue weighted by Crippen LogP contribution is 2.12. The van der Waals surface area contributed by atoms with Gasteiger partial charge in [-0.2, -0.15) is 0 Å². The number of aromatic carboxylic acids is 2. The minimum Gasteiger partial charge on any atom is -0.476 e. The molecule has 1 rings (SSSR count). The van der Waals surface area contributed by atoms with E-state index in [2.05, 4.69) is 9.68 Å². The summed E-state index contributed by atoms with van der Waals surface area (Å²) >= 11 is 0. The summed E-state index contributed by atoms with van der Waals surface area (Å²) < 4.78 is 4.29. The molecule has 0 spiro atoms. The molecule has 0 atom stereocenters. The van der Waals surface area contributed by atoms with E-state index in [1.165, 1.54) is 6.92 Å². The minimum atomic E-state index is -1.33. The van der Waals surface area contributed by atoms with Gasteiger partial charge in [0.05, 0.1) is 0 Å². The first kappa shape index (κ1) is 8.25. The Morgan fingerprint density at radius 1 is 1.33 bits per heavy atom. The third-order valence-electron chi connectivity index (χ3n) is 1.32. The summed E-state index contributed by atoms with van der Waals surface area (Å²) in [4.78, 5) is 20.7. The van der Waals surface area contributed by atoms with E-state index in [0.717, 1.165) is 0 Å². The Bertz CT molecular complexity index is 308. The van der Waals surface area contributed by atoms with E-state index in [4.69, 9.17) is 10.2 Å². The summed E-state index contributed by atoms with van der Waals surface area (Å²) in [7, 11) is 0. The van der Waals surface area contributed by atoms with Gasteiger partial charge in [0.2, 0.25) is 5.76 Å². The van der Waals surface area contributed by atoms with Crippen LogP contribution in [0.5, 0.6) is 0 Å². The van der Waals surface area contributed by atoms with Crippen LogP contribution in [0.2, 0.25) is 0 Å². The number of aromatic nitrogens is 1. The maximum absolute atomic E-state index is 10.3. The Kier molecular flexibility index (Phi) is 1.82. The fraction of sp³-hybridized carbons (Fsp3) is 0.167. The highest BCUT2D eigenvalue weighted by atomic mass is 16.5. The molecule has 6 heteroatoms. The quantitative estimate of drug-likeness (QED) is 0.666. The van der Waals surface area contributed by atoms with E-state index in [0.29, 0.717) is 0 Å². The lowest BCUT2D eigenvalue weighted by molar-refractivity contribution is 0.0642. The molecule has 0 amide bonds. The third kappa shape index (κ3) is 1.14. The van der Waals surface area contributed by atoms with Crippen molar-refractivity contribution >= 4 is 11.9 Å². The lowest BCUT2D eigenvalue weighted by atomic mass is 10.2. The van der Waals surface area contributed by atoms with Crippen molar-refractivity contribution in [3.05, 3.63) is 17.0 Å². The van der Waals surface area contributed by atoms with Crippen LogP contribution in [0.25, 0.3) is 0 Å². The van der Waals surface area contributed by atoms with Crippen LogP contribution in [0, 0.1) is 6.92 Å². The van der Waals surface area contributed by atoms with Crippen molar-refractivity contribution in [1.82, 2.24) is 5.16 Å². The van der Waals surface area contributed by atoms with Gasteiger partial charge < -0.3 is 14.7 Å². The molecule has 0 saturated heterocycles. The van der Waals surface area contributed by atoms with Crippen LogP contribution in [-0.4, -0.2) is 27.3 Å². The Morgan fingerprint density at radius 3 is 2.17 bits per heavy atom. The monoisotopic (exact) mass is 171 g/mol. The molecule has 0 unspecified atom stereocenters. The van der Waals surface area contributed by atoms with Crippen molar-refractivity contribution in [1.29, 1.82) is 0 Å². The van der Waals surface area contributed by atoms with Crippen LogP contribution < -0.4 is 0 Å². The second kappa shape index (κ2) is 2.65. The summed E-state index contributed by atoms with van der Waals surface area (Å²) in [5.74, 6) is -3.07. The van der Waals surface area contributed by atoms with Gasteiger partial charge in [-0.25, -0.2) is 9.59 Å². The standard InChI is InChI=1S/C6H5NO5/c1-2-3(5(8)9)7-12-4(2)6(10)11/h1H3,(H,8,9)(H,10,11). The molecular weight excluding hydrogens is 166 g/mol. The largest absolute Gasteiger partial charge is 0.476 e. The Labute approximate surface area is 66.4 Å². The zero-order chi connectivity index (χ0) is 9.30. The number of hydrogen-bond donors (Lipinski definition) is 2. The second-order valence-electron chi connectivity index (χ2n) is 2.10. The zero-order valence-electron chi connectivity index (χ0n) is 6.07. The molecule has 6 nitrogen and oxygen atoms in total. The van der Waals surface area contributed by atoms with Crippen molar-refractivity contribution in [3.8, 4) is 0 Å². The molecular formula is C6H5NO5. The summed E-state index contributed by atoms with van der Waals surface area (Å²) in [6, 6.07) is 0. The molecule has 1 aromatic heterocycles. The Hall–Kier alpha value is -1.85. The molecule has 64 valence electrons. The van der Waals surface area contributed by atoms with Gasteiger partial charge in [-0.1, -0.05) is 5.16 Å². The summed E-state index contributed by atoms with van der Waals surface area (Å²) in [6.45, 7) is 1.32. The lowest BCUT2D eigenvalue weighted by Gasteiger charge is -1.86. The van der Waals surface area contributed by atoms with Crippen molar-refractivity contribution < 1.29 is 24.3 Å². The SMILES string of the molecule is Cc1c(C(=O)O)noc1C(=O)O. The van der Waals surface area contributed by atoms with Gasteiger partial charge >= 0.3 is 11.9 Å². The molecule has 1 aromatic rings. The molecule has 0 aliphatic rings. The van der Waals surface area contributed by atoms with Crippen molar-refractivity contribution in [2.75, 3.05) is 0 Å². The highest BCUT2D eigenvalue weighted by molar-refractivity contribution is 5.93. The summed E-state index contributed by atoms with van der Waals surface area (Å²) in [5.41, 5.74) is -0.345. The smallest absolute Gasteiger partial charge is 0.375 e. The molecule has 2 N–H and O–H groups in total. The van der Waals surface area contributed by atoms with E-state index >= 15 is 0 Å². The topological polar surface area (TPSA) is 101 Å². The number of carboxylic acids is 2. The summed E-state index contributed by atoms with van der Waals surface area (Å²) in [6.07, 6.45) is 0. The van der Waals surface area contributed by atoms with Crippen LogP contribution in [-0.2, 0) is 0 Å². The van der Waals surface area contributed by atoms with Crippen LogP contribution in [0.1, 0.15) is 26.6 Å². The van der Waals surface area contributed by atoms with Crippen molar-refractivity contribution in [2.45, 2.75) is 6.92 Å². The normalized spacial score (nSPS) is 9.75. The van der Waals surface area contributed by atoms with Gasteiger partial charge in [-0.3, -0.25) is 0 Å². The molecule has 0 aliphatic heterocycles. The fourth-order valence-corrected chi connectivity index (χ4v) is 0.735. The molecule has 0 bridgehead atoms. The predicted octanol–water partition coefficient (Wildman–Crippen LogP) is 0.379. The molecule has 0 radical (unpaired) electrons. The molecule has 12 heavy (non-hydrogen) atoms. The van der Waals surface area contributed by atoms with Crippen molar-refractivity contribution in [3.63, 3.8) is 0 Å². The van der Waals surface area contributed by atoms with Crippen molar-refractivity contribution in [2.24, 2.45) is 0 Å². The number of nitrogens with zero attached hydrogens (tertiary/aromatic N) is 1. The molecule has 1 heterocycles. The average molecular weight is 171 g/mol. The van der Waals surface area contributed by atoms with E-state index in [1.807, 2.05) is 0 Å². The molecule has 0 aliphatic carbocycles. The number of carboxylic acid groups (broad SMARTS) is 2. The van der Waals surface area contributed by atoms with Gasteiger partial charge in [0, 0.05) is 5.56 Å². The van der Waals surface area contributed by atoms with Gasteiger partial charge in [0.25, 0.3) is 0 Å². The minimum absolute atomic E-state index is 0.0231. The van der Waals surface area contributed by atoms with Gasteiger partial charge in [-0.15, -0.1) is 0 Å². The fourth-order valence-electron chi connectivity index (χ4n) is 0.735.